The first-order chi connectivity index (χ1) is 17.2. The molecule has 3 aromatic carbocycles. The molecule has 1 fully saturated rings. The normalized spacial score (nSPS) is 19.2. The van der Waals surface area contributed by atoms with E-state index in [0.717, 1.165) is 23.8 Å². The summed E-state index contributed by atoms with van der Waals surface area (Å²) >= 11 is 0. The first kappa shape index (κ1) is 25.9. The van der Waals surface area contributed by atoms with Crippen LogP contribution in [0, 0.1) is 5.92 Å². The second kappa shape index (κ2) is 12.7. The number of ether oxygens (including phenoxy) is 1. The summed E-state index contributed by atoms with van der Waals surface area (Å²) in [6, 6.07) is 20.6. The number of benzene rings is 3. The van der Waals surface area contributed by atoms with Gasteiger partial charge >= 0.3 is 0 Å². The van der Waals surface area contributed by atoms with Crippen LogP contribution in [0.25, 0.3) is 21.9 Å². The molecule has 35 heavy (non-hydrogen) atoms. The summed E-state index contributed by atoms with van der Waals surface area (Å²) < 4.78 is 5.28. The van der Waals surface area contributed by atoms with Crippen molar-refractivity contribution >= 4 is 10.8 Å². The molecule has 0 radical (unpaired) electrons. The number of methoxy groups -OCH3 is 1. The Balaban J connectivity index is 1.50. The fourth-order valence-electron chi connectivity index (χ4n) is 6.05. The van der Waals surface area contributed by atoms with Gasteiger partial charge in [0.15, 0.2) is 0 Å². The van der Waals surface area contributed by atoms with Crippen LogP contribution in [0.4, 0.5) is 0 Å². The van der Waals surface area contributed by atoms with E-state index in [-0.39, 0.29) is 12.5 Å². The van der Waals surface area contributed by atoms with Gasteiger partial charge in [-0.05, 0) is 88.6 Å². The van der Waals surface area contributed by atoms with Crippen molar-refractivity contribution in [3.8, 4) is 11.1 Å². The predicted octanol–water partition coefficient (Wildman–Crippen LogP) is 8.65. The quantitative estimate of drug-likeness (QED) is 0.283. The minimum atomic E-state index is 0.0229. The van der Waals surface area contributed by atoms with Gasteiger partial charge in [-0.25, -0.2) is 0 Å². The van der Waals surface area contributed by atoms with E-state index in [4.69, 9.17) is 4.74 Å². The minimum absolute atomic E-state index is 0.0229. The molecule has 0 heterocycles. The molecule has 0 spiro atoms. The van der Waals surface area contributed by atoms with Crippen LogP contribution in [-0.4, -0.2) is 25.4 Å². The van der Waals surface area contributed by atoms with Crippen molar-refractivity contribution in [2.75, 3.05) is 20.3 Å². The predicted molar refractivity (Wildman–Crippen MR) is 149 cm³/mol. The Hall–Kier alpha value is -2.16. The third kappa shape index (κ3) is 6.35. The van der Waals surface area contributed by atoms with Crippen molar-refractivity contribution in [1.29, 1.82) is 0 Å². The Morgan fingerprint density at radius 2 is 1.66 bits per heavy atom. The fraction of sp³-hybridized carbons (Fsp3) is 0.515. The van der Waals surface area contributed by atoms with Gasteiger partial charge in [0.1, 0.15) is 0 Å². The topological polar surface area (TPSA) is 29.5 Å². The molecule has 1 unspecified atom stereocenters. The number of rotatable bonds is 11. The molecule has 0 aliphatic heterocycles. The van der Waals surface area contributed by atoms with E-state index in [9.17, 15) is 5.11 Å². The molecule has 3 aromatic rings. The summed E-state index contributed by atoms with van der Waals surface area (Å²) in [7, 11) is 1.69. The van der Waals surface area contributed by atoms with Gasteiger partial charge in [0.25, 0.3) is 0 Å². The molecule has 2 nitrogen and oxygen atoms in total. The molecule has 2 heteroatoms. The Labute approximate surface area is 212 Å². The lowest BCUT2D eigenvalue weighted by molar-refractivity contribution is 0.144. The zero-order chi connectivity index (χ0) is 24.6. The highest BCUT2D eigenvalue weighted by atomic mass is 16.5. The largest absolute Gasteiger partial charge is 0.396 e. The molecule has 1 aliphatic rings. The van der Waals surface area contributed by atoms with Gasteiger partial charge < -0.3 is 9.84 Å². The second-order valence-electron chi connectivity index (χ2n) is 10.6. The maximum atomic E-state index is 9.73. The molecule has 0 amide bonds. The first-order valence-corrected chi connectivity index (χ1v) is 13.9. The van der Waals surface area contributed by atoms with Crippen LogP contribution >= 0.6 is 0 Å². The first-order valence-electron chi connectivity index (χ1n) is 13.9. The van der Waals surface area contributed by atoms with E-state index in [1.165, 1.54) is 78.8 Å². The fourth-order valence-corrected chi connectivity index (χ4v) is 6.05. The maximum absolute atomic E-state index is 9.73. The molecule has 1 atom stereocenters. The SMILES string of the molecule is CCCCCC1CCC(c2ccc(-c3ccc4cc(C(CO)COC)ccc4c3)c(CC)c2)CC1. The number of unbranched alkanes of at least 4 members (excludes halogenated alkanes) is 2. The zero-order valence-electron chi connectivity index (χ0n) is 22.1. The van der Waals surface area contributed by atoms with Crippen LogP contribution in [0.5, 0.6) is 0 Å². The van der Waals surface area contributed by atoms with Gasteiger partial charge in [-0.15, -0.1) is 0 Å². The summed E-state index contributed by atoms with van der Waals surface area (Å²) in [5.41, 5.74) is 6.81. The van der Waals surface area contributed by atoms with Gasteiger partial charge in [-0.1, -0.05) is 88.1 Å². The Morgan fingerprint density at radius 1 is 0.886 bits per heavy atom. The highest BCUT2D eigenvalue weighted by Crippen LogP contribution is 2.39. The Bertz CT molecular complexity index is 1080. The van der Waals surface area contributed by atoms with Crippen LogP contribution in [0.2, 0.25) is 0 Å². The van der Waals surface area contributed by atoms with Crippen molar-refractivity contribution in [2.24, 2.45) is 5.92 Å². The number of aryl methyl sites for hydroxylation is 1. The van der Waals surface area contributed by atoms with Gasteiger partial charge in [0.05, 0.1) is 13.2 Å². The monoisotopic (exact) mass is 472 g/mol. The average molecular weight is 473 g/mol. The summed E-state index contributed by atoms with van der Waals surface area (Å²) in [5.74, 6) is 1.72. The highest BCUT2D eigenvalue weighted by Gasteiger charge is 2.22. The lowest BCUT2D eigenvalue weighted by Crippen LogP contribution is -2.13. The van der Waals surface area contributed by atoms with E-state index in [1.54, 1.807) is 12.7 Å². The van der Waals surface area contributed by atoms with E-state index in [2.05, 4.69) is 68.4 Å². The van der Waals surface area contributed by atoms with E-state index in [1.807, 2.05) is 0 Å². The van der Waals surface area contributed by atoms with Gasteiger partial charge in [-0.2, -0.15) is 0 Å². The summed E-state index contributed by atoms with van der Waals surface area (Å²) in [5, 5.41) is 12.2. The molecule has 4 rings (SSSR count). The third-order valence-corrected chi connectivity index (χ3v) is 8.28. The number of aliphatic hydroxyl groups excluding tert-OH is 1. The van der Waals surface area contributed by atoms with E-state index < -0.39 is 0 Å². The van der Waals surface area contributed by atoms with Crippen molar-refractivity contribution in [3.63, 3.8) is 0 Å². The highest BCUT2D eigenvalue weighted by molar-refractivity contribution is 5.88. The molecule has 1 aliphatic carbocycles. The minimum Gasteiger partial charge on any atom is -0.396 e. The molecule has 1 N–H and O–H groups in total. The van der Waals surface area contributed by atoms with Crippen LogP contribution in [-0.2, 0) is 11.2 Å². The van der Waals surface area contributed by atoms with Crippen molar-refractivity contribution in [1.82, 2.24) is 0 Å². The number of hydrogen-bond donors (Lipinski definition) is 1. The average Bonchev–Trinajstić information content (AvgIpc) is 2.91. The van der Waals surface area contributed by atoms with Crippen LogP contribution < -0.4 is 0 Å². The second-order valence-corrected chi connectivity index (χ2v) is 10.6. The molecular weight excluding hydrogens is 428 g/mol. The number of hydrogen-bond acceptors (Lipinski definition) is 2. The molecule has 0 saturated heterocycles. The van der Waals surface area contributed by atoms with E-state index in [0.29, 0.717) is 6.61 Å². The van der Waals surface area contributed by atoms with Crippen molar-refractivity contribution in [2.45, 2.75) is 83.5 Å². The van der Waals surface area contributed by atoms with Crippen LogP contribution in [0.15, 0.2) is 54.6 Å². The van der Waals surface area contributed by atoms with Gasteiger partial charge in [0.2, 0.25) is 0 Å². The third-order valence-electron chi connectivity index (χ3n) is 8.28. The molecular formula is C33H44O2. The lowest BCUT2D eigenvalue weighted by atomic mass is 9.76. The van der Waals surface area contributed by atoms with E-state index >= 15 is 0 Å². The molecule has 188 valence electrons. The van der Waals surface area contributed by atoms with Crippen LogP contribution in [0.3, 0.4) is 0 Å². The number of aliphatic hydroxyl groups is 1. The smallest absolute Gasteiger partial charge is 0.0553 e. The standard InChI is InChI=1S/C33H44O2/c1-4-6-7-8-24-9-11-26(12-10-24)27-17-18-33(25(5-2)19-27)31-16-15-28-20-30(14-13-29(28)21-31)32(22-34)23-35-3/h13-21,24,26,32,34H,4-12,22-23H2,1-3H3. The maximum Gasteiger partial charge on any atom is 0.0553 e. The zero-order valence-corrected chi connectivity index (χ0v) is 22.1. The summed E-state index contributed by atoms with van der Waals surface area (Å²) in [4.78, 5) is 0. The van der Waals surface area contributed by atoms with Gasteiger partial charge in [0, 0.05) is 13.0 Å². The number of fused-ring (bicyclic) bond motifs is 1. The molecule has 1 saturated carbocycles. The van der Waals surface area contributed by atoms with Gasteiger partial charge in [-0.3, -0.25) is 0 Å². The molecule has 0 aromatic heterocycles. The lowest BCUT2D eigenvalue weighted by Gasteiger charge is -2.29. The van der Waals surface area contributed by atoms with Crippen LogP contribution in [0.1, 0.15) is 93.7 Å². The summed E-state index contributed by atoms with van der Waals surface area (Å²) in [6.07, 6.45) is 12.2. The van der Waals surface area contributed by atoms with Crippen molar-refractivity contribution in [3.05, 3.63) is 71.3 Å². The Kier molecular flexibility index (Phi) is 9.40. The molecule has 0 bridgehead atoms. The Morgan fingerprint density at radius 3 is 2.37 bits per heavy atom. The van der Waals surface area contributed by atoms with Crippen molar-refractivity contribution < 1.29 is 9.84 Å². The summed E-state index contributed by atoms with van der Waals surface area (Å²) in [6.45, 7) is 5.22.